The lowest BCUT2D eigenvalue weighted by molar-refractivity contribution is 2.51. The van der Waals surface area contributed by atoms with Gasteiger partial charge >= 0.3 is 0 Å². The van der Waals surface area contributed by atoms with Crippen LogP contribution in [0, 0.1) is 0 Å². The predicted octanol–water partition coefficient (Wildman–Crippen LogP) is 3.30. The zero-order valence-electron chi connectivity index (χ0n) is 3.57. The van der Waals surface area contributed by atoms with Crippen molar-refractivity contribution >= 4 is 34.8 Å². The van der Waals surface area contributed by atoms with Crippen molar-refractivity contribution in [1.29, 1.82) is 0 Å². The molecule has 0 aliphatic rings. The lowest BCUT2D eigenvalue weighted by Crippen LogP contribution is -1.11. The molecule has 0 radical (unpaired) electrons. The first-order valence-corrected chi connectivity index (χ1v) is 2.71. The summed E-state index contributed by atoms with van der Waals surface area (Å²) >= 11 is 14.5. The number of hydrogen-bond donors (Lipinski definition) is 0. The van der Waals surface area contributed by atoms with Crippen LogP contribution in [-0.4, -0.2) is 0 Å². The van der Waals surface area contributed by atoms with Gasteiger partial charge in [0.15, 0.2) is 0 Å². The van der Waals surface area contributed by atoms with Crippen LogP contribution in [0.1, 0.15) is 0 Å². The highest BCUT2D eigenvalue weighted by atomic mass is 35.5. The number of rotatable bonds is 0. The highest BCUT2D eigenvalue weighted by Gasteiger charge is 1.40. The Labute approximate surface area is 58.4 Å². The number of hydrogen-bond acceptors (Lipinski definition) is 0. The molecule has 0 amide bonds. The van der Waals surface area contributed by atoms with Crippen molar-refractivity contribution in [2.75, 3.05) is 0 Å². The molecule has 0 aliphatic heterocycles. The first-order valence-electron chi connectivity index (χ1n) is 1.40. The maximum Gasteiger partial charge on any atom is 0.0156 e. The van der Waals surface area contributed by atoms with Crippen LogP contribution in [0.5, 0.6) is 0 Å². The lowest BCUT2D eigenvalue weighted by atomic mass is 11.3. The third-order valence-corrected chi connectivity index (χ3v) is 0.429. The van der Waals surface area contributed by atoms with Crippen molar-refractivity contribution in [3.63, 3.8) is 0 Å². The Morgan fingerprint density at radius 3 is 1.14 bits per heavy atom. The summed E-state index contributed by atoms with van der Waals surface area (Å²) in [6.45, 7) is 3.13. The van der Waals surface area contributed by atoms with Gasteiger partial charge in [-0.05, 0) is 5.54 Å². The molecule has 0 atom stereocenters. The van der Waals surface area contributed by atoms with Crippen LogP contribution in [0.3, 0.4) is 0 Å². The van der Waals surface area contributed by atoms with Gasteiger partial charge in [-0.2, -0.15) is 0 Å². The van der Waals surface area contributed by atoms with E-state index in [1.54, 1.807) is 0 Å². The van der Waals surface area contributed by atoms with E-state index in [2.05, 4.69) is 6.58 Å². The van der Waals surface area contributed by atoms with Crippen LogP contribution in [0.2, 0.25) is 0 Å². The van der Waals surface area contributed by atoms with Gasteiger partial charge in [0.2, 0.25) is 0 Å². The largest absolute Gasteiger partial charge is 0.0936 e. The molecule has 0 rings (SSSR count). The molecule has 0 unspecified atom stereocenters. The van der Waals surface area contributed by atoms with Gasteiger partial charge in [-0.3, -0.25) is 0 Å². The highest BCUT2D eigenvalue weighted by molar-refractivity contribution is 6.33. The Morgan fingerprint density at radius 1 is 1.00 bits per heavy atom. The second-order valence-corrected chi connectivity index (χ2v) is 1.22. The molecular formula is C4H5Cl3. The maximum atomic E-state index is 4.87. The molecule has 0 N–H and O–H groups in total. The molecule has 0 aromatic rings. The molecule has 42 valence electrons. The van der Waals surface area contributed by atoms with Gasteiger partial charge in [0.1, 0.15) is 0 Å². The molecule has 0 fully saturated rings. The van der Waals surface area contributed by atoms with Crippen LogP contribution < -0.4 is 0 Å². The summed E-state index contributed by atoms with van der Waals surface area (Å²) in [6.07, 6.45) is 0. The van der Waals surface area contributed by atoms with E-state index in [1.165, 1.54) is 16.6 Å². The SMILES string of the molecule is C=CCl.ClC=CCl. The number of halogens is 3. The van der Waals surface area contributed by atoms with E-state index in [-0.39, 0.29) is 0 Å². The van der Waals surface area contributed by atoms with Gasteiger partial charge in [-0.15, -0.1) is 0 Å². The van der Waals surface area contributed by atoms with Crippen LogP contribution >= 0.6 is 34.8 Å². The third-order valence-electron chi connectivity index (χ3n) is 0.0476. The fourth-order valence-electron chi connectivity index (χ4n) is 0. The molecule has 0 spiro atoms. The van der Waals surface area contributed by atoms with E-state index >= 15 is 0 Å². The minimum Gasteiger partial charge on any atom is -0.0936 e. The van der Waals surface area contributed by atoms with E-state index in [4.69, 9.17) is 34.8 Å². The molecule has 7 heavy (non-hydrogen) atoms. The van der Waals surface area contributed by atoms with Gasteiger partial charge < -0.3 is 0 Å². The second-order valence-electron chi connectivity index (χ2n) is 0.406. The predicted molar refractivity (Wildman–Crippen MR) is 36.9 cm³/mol. The minimum atomic E-state index is 1.22. The van der Waals surface area contributed by atoms with Crippen molar-refractivity contribution in [3.8, 4) is 0 Å². The van der Waals surface area contributed by atoms with Crippen LogP contribution in [0.15, 0.2) is 23.2 Å². The van der Waals surface area contributed by atoms with Crippen molar-refractivity contribution in [3.05, 3.63) is 23.2 Å². The first-order chi connectivity index (χ1) is 3.33. The van der Waals surface area contributed by atoms with E-state index in [1.807, 2.05) is 0 Å². The van der Waals surface area contributed by atoms with Crippen molar-refractivity contribution < 1.29 is 0 Å². The second kappa shape index (κ2) is 16.2. The Morgan fingerprint density at radius 2 is 1.14 bits per heavy atom. The summed E-state index contributed by atoms with van der Waals surface area (Å²) in [5.41, 5.74) is 3.70. The van der Waals surface area contributed by atoms with Gasteiger partial charge in [-0.1, -0.05) is 41.4 Å². The maximum absolute atomic E-state index is 4.87. The van der Waals surface area contributed by atoms with Gasteiger partial charge in [0, 0.05) is 11.1 Å². The molecule has 0 aromatic carbocycles. The first kappa shape index (κ1) is 10.4. The van der Waals surface area contributed by atoms with E-state index < -0.39 is 0 Å². The highest BCUT2D eigenvalue weighted by Crippen LogP contribution is 1.78. The molecule has 0 saturated heterocycles. The van der Waals surface area contributed by atoms with Crippen molar-refractivity contribution in [2.45, 2.75) is 0 Å². The Kier molecular flexibility index (Phi) is 24.0. The smallest absolute Gasteiger partial charge is 0.0156 e. The Hall–Kier alpha value is 0.350. The molecule has 0 heterocycles. The fourth-order valence-corrected chi connectivity index (χ4v) is 0. The van der Waals surface area contributed by atoms with Crippen molar-refractivity contribution in [1.82, 2.24) is 0 Å². The lowest BCUT2D eigenvalue weighted by Gasteiger charge is -1.44. The van der Waals surface area contributed by atoms with Crippen molar-refractivity contribution in [2.24, 2.45) is 0 Å². The van der Waals surface area contributed by atoms with E-state index in [9.17, 15) is 0 Å². The average molecular weight is 159 g/mol. The van der Waals surface area contributed by atoms with E-state index in [0.717, 1.165) is 0 Å². The van der Waals surface area contributed by atoms with Crippen LogP contribution in [-0.2, 0) is 0 Å². The van der Waals surface area contributed by atoms with Gasteiger partial charge in [-0.25, -0.2) is 0 Å². The normalized spacial score (nSPS) is 7.29. The van der Waals surface area contributed by atoms with Crippen LogP contribution in [0.25, 0.3) is 0 Å². The molecule has 3 heteroatoms. The minimum absolute atomic E-state index is 1.22. The molecule has 0 aromatic heterocycles. The molecule has 0 saturated carbocycles. The summed E-state index contributed by atoms with van der Waals surface area (Å²) < 4.78 is 0. The summed E-state index contributed by atoms with van der Waals surface area (Å²) in [5, 5.41) is 0. The fraction of sp³-hybridized carbons (Fsp3) is 0. The Bertz CT molecular complexity index is 44.9. The summed E-state index contributed by atoms with van der Waals surface area (Å²) in [4.78, 5) is 0. The zero-order valence-corrected chi connectivity index (χ0v) is 5.84. The molecule has 0 bridgehead atoms. The zero-order chi connectivity index (χ0) is 6.12. The summed E-state index contributed by atoms with van der Waals surface area (Å²) in [6, 6.07) is 0. The van der Waals surface area contributed by atoms with Gasteiger partial charge in [0.05, 0.1) is 0 Å². The summed E-state index contributed by atoms with van der Waals surface area (Å²) in [5.74, 6) is 0. The van der Waals surface area contributed by atoms with Crippen LogP contribution in [0.4, 0.5) is 0 Å². The standard InChI is InChI=1S/C2H2Cl2.C2H3Cl/c3-1-2-4;1-2-3/h1-2H;2H,1H2. The molecular weight excluding hydrogens is 154 g/mol. The summed E-state index contributed by atoms with van der Waals surface area (Å²) in [7, 11) is 0. The quantitative estimate of drug-likeness (QED) is 0.509. The van der Waals surface area contributed by atoms with Gasteiger partial charge in [0.25, 0.3) is 0 Å². The monoisotopic (exact) mass is 158 g/mol. The third kappa shape index (κ3) is 65.9. The topological polar surface area (TPSA) is 0 Å². The van der Waals surface area contributed by atoms with E-state index in [0.29, 0.717) is 0 Å². The molecule has 0 nitrogen and oxygen atoms in total. The Balaban J connectivity index is 0. The molecule has 0 aliphatic carbocycles. The average Bonchev–Trinajstić information content (AvgIpc) is 1.69.